The van der Waals surface area contributed by atoms with Crippen LogP contribution < -0.4 is 9.47 Å². The monoisotopic (exact) mass is 358 g/mol. The summed E-state index contributed by atoms with van der Waals surface area (Å²) in [5.41, 5.74) is 7.97. The van der Waals surface area contributed by atoms with Crippen molar-refractivity contribution in [2.24, 2.45) is 0 Å². The first-order valence-corrected chi connectivity index (χ1v) is 9.45. The summed E-state index contributed by atoms with van der Waals surface area (Å²) < 4.78 is 13.6. The maximum Gasteiger partial charge on any atom is 0.147 e. The molecule has 0 aliphatic heterocycles. The summed E-state index contributed by atoms with van der Waals surface area (Å²) in [6.45, 7) is 0. The Morgan fingerprint density at radius 3 is 2.41 bits per heavy atom. The summed E-state index contributed by atoms with van der Waals surface area (Å²) in [6.07, 6.45) is 4.64. The van der Waals surface area contributed by atoms with Crippen LogP contribution in [0.1, 0.15) is 24.0 Å². The maximum atomic E-state index is 5.71. The highest BCUT2D eigenvalue weighted by Gasteiger charge is 2.23. The van der Waals surface area contributed by atoms with Gasteiger partial charge in [-0.3, -0.25) is 4.40 Å². The zero-order valence-electron chi connectivity index (χ0n) is 15.7. The Balaban J connectivity index is 1.99. The van der Waals surface area contributed by atoms with Crippen molar-refractivity contribution in [3.05, 3.63) is 59.7 Å². The second-order valence-corrected chi connectivity index (χ2v) is 7.04. The van der Waals surface area contributed by atoms with E-state index in [0.29, 0.717) is 0 Å². The standard InChI is InChI=1S/C23H22N2O2/c1-26-19-12-13-20(27-2)22-21(19)24-23-17-11-7-6-10-16(17)14-18(25(22)23)15-8-4-3-5-9-15/h3-5,8-9,12-14H,6-7,10-11H2,1-2H3. The minimum absolute atomic E-state index is 0.776. The number of aromatic nitrogens is 2. The molecule has 4 aromatic rings. The lowest BCUT2D eigenvalue weighted by Gasteiger charge is -2.19. The van der Waals surface area contributed by atoms with Gasteiger partial charge in [-0.1, -0.05) is 30.3 Å². The summed E-state index contributed by atoms with van der Waals surface area (Å²) in [5.74, 6) is 1.59. The number of hydrogen-bond donors (Lipinski definition) is 0. The molecule has 0 amide bonds. The SMILES string of the molecule is COc1ccc(OC)c2c1nc1c3c(cc(-c4ccccc4)n12)CCCC3. The molecule has 2 heterocycles. The fraction of sp³-hybridized carbons (Fsp3) is 0.261. The molecule has 27 heavy (non-hydrogen) atoms. The van der Waals surface area contributed by atoms with Crippen LogP contribution in [0.3, 0.4) is 0 Å². The van der Waals surface area contributed by atoms with Crippen LogP contribution in [0.2, 0.25) is 0 Å². The van der Waals surface area contributed by atoms with Crippen molar-refractivity contribution >= 4 is 16.7 Å². The van der Waals surface area contributed by atoms with E-state index in [9.17, 15) is 0 Å². The van der Waals surface area contributed by atoms with Crippen molar-refractivity contribution in [2.75, 3.05) is 14.2 Å². The number of rotatable bonds is 3. The molecule has 0 saturated carbocycles. The molecule has 0 atom stereocenters. The van der Waals surface area contributed by atoms with E-state index >= 15 is 0 Å². The molecule has 1 aliphatic rings. The maximum absolute atomic E-state index is 5.71. The summed E-state index contributed by atoms with van der Waals surface area (Å²) in [4.78, 5) is 5.05. The fourth-order valence-electron chi connectivity index (χ4n) is 4.29. The molecule has 0 saturated heterocycles. The number of ether oxygens (including phenoxy) is 2. The Hall–Kier alpha value is -3.01. The third-order valence-corrected chi connectivity index (χ3v) is 5.57. The quantitative estimate of drug-likeness (QED) is 0.514. The molecule has 0 spiro atoms. The van der Waals surface area contributed by atoms with Gasteiger partial charge in [0.25, 0.3) is 0 Å². The molecular formula is C23H22N2O2. The van der Waals surface area contributed by atoms with Gasteiger partial charge in [0.15, 0.2) is 0 Å². The van der Waals surface area contributed by atoms with Crippen molar-refractivity contribution in [3.63, 3.8) is 0 Å². The number of aryl methyl sites for hydroxylation is 2. The van der Waals surface area contributed by atoms with Crippen LogP contribution in [0, 0.1) is 0 Å². The Labute approximate surface area is 158 Å². The van der Waals surface area contributed by atoms with Gasteiger partial charge in [-0.25, -0.2) is 4.98 Å². The molecule has 0 radical (unpaired) electrons. The summed E-state index contributed by atoms with van der Waals surface area (Å²) in [6, 6.07) is 16.8. The Kier molecular flexibility index (Phi) is 3.78. The minimum atomic E-state index is 0.776. The van der Waals surface area contributed by atoms with Crippen molar-refractivity contribution in [1.29, 1.82) is 0 Å². The molecule has 0 unspecified atom stereocenters. The van der Waals surface area contributed by atoms with E-state index in [-0.39, 0.29) is 0 Å². The molecule has 1 aliphatic carbocycles. The number of nitrogens with zero attached hydrogens (tertiary/aromatic N) is 2. The van der Waals surface area contributed by atoms with Gasteiger partial charge in [-0.05, 0) is 60.6 Å². The summed E-state index contributed by atoms with van der Waals surface area (Å²) in [5, 5.41) is 0. The molecular weight excluding hydrogens is 336 g/mol. The molecule has 0 bridgehead atoms. The third-order valence-electron chi connectivity index (χ3n) is 5.57. The number of pyridine rings is 1. The third kappa shape index (κ3) is 2.40. The van der Waals surface area contributed by atoms with Gasteiger partial charge in [0, 0.05) is 0 Å². The van der Waals surface area contributed by atoms with Gasteiger partial charge in [0.2, 0.25) is 0 Å². The zero-order chi connectivity index (χ0) is 18.4. The van der Waals surface area contributed by atoms with Crippen molar-refractivity contribution in [1.82, 2.24) is 9.38 Å². The second-order valence-electron chi connectivity index (χ2n) is 7.04. The van der Waals surface area contributed by atoms with Gasteiger partial charge in [0.05, 0.1) is 19.9 Å². The van der Waals surface area contributed by atoms with Gasteiger partial charge in [0.1, 0.15) is 28.2 Å². The van der Waals surface area contributed by atoms with Crippen LogP contribution >= 0.6 is 0 Å². The van der Waals surface area contributed by atoms with Gasteiger partial charge < -0.3 is 9.47 Å². The topological polar surface area (TPSA) is 35.8 Å². The fourth-order valence-corrected chi connectivity index (χ4v) is 4.29. The van der Waals surface area contributed by atoms with Crippen LogP contribution in [0.15, 0.2) is 48.5 Å². The van der Waals surface area contributed by atoms with E-state index in [2.05, 4.69) is 40.8 Å². The first kappa shape index (κ1) is 16.2. The molecule has 5 rings (SSSR count). The first-order valence-electron chi connectivity index (χ1n) is 9.45. The summed E-state index contributed by atoms with van der Waals surface area (Å²) in [7, 11) is 3.40. The highest BCUT2D eigenvalue weighted by molar-refractivity contribution is 5.93. The van der Waals surface area contributed by atoms with E-state index < -0.39 is 0 Å². The second kappa shape index (κ2) is 6.31. The van der Waals surface area contributed by atoms with Gasteiger partial charge >= 0.3 is 0 Å². The number of hydrogen-bond acceptors (Lipinski definition) is 3. The minimum Gasteiger partial charge on any atom is -0.494 e. The average molecular weight is 358 g/mol. The predicted octanol–water partition coefficient (Wildman–Crippen LogP) is 5.05. The van der Waals surface area contributed by atoms with Gasteiger partial charge in [-0.15, -0.1) is 0 Å². The molecule has 136 valence electrons. The smallest absolute Gasteiger partial charge is 0.147 e. The van der Waals surface area contributed by atoms with Crippen molar-refractivity contribution in [3.8, 4) is 22.8 Å². The highest BCUT2D eigenvalue weighted by Crippen LogP contribution is 2.39. The van der Waals surface area contributed by atoms with Gasteiger partial charge in [-0.2, -0.15) is 0 Å². The number of methoxy groups -OCH3 is 2. The average Bonchev–Trinajstić information content (AvgIpc) is 3.14. The van der Waals surface area contributed by atoms with E-state index in [0.717, 1.165) is 46.7 Å². The van der Waals surface area contributed by atoms with Crippen LogP contribution in [-0.4, -0.2) is 23.6 Å². The Bertz CT molecular complexity index is 1150. The number of benzene rings is 2. The van der Waals surface area contributed by atoms with Crippen molar-refractivity contribution < 1.29 is 9.47 Å². The van der Waals surface area contributed by atoms with Crippen LogP contribution in [0.4, 0.5) is 0 Å². The van der Waals surface area contributed by atoms with E-state index in [1.54, 1.807) is 14.2 Å². The molecule has 2 aromatic carbocycles. The molecule has 0 fully saturated rings. The van der Waals surface area contributed by atoms with E-state index in [1.165, 1.54) is 29.5 Å². The molecule has 0 N–H and O–H groups in total. The summed E-state index contributed by atoms with van der Waals surface area (Å²) >= 11 is 0. The van der Waals surface area contributed by atoms with E-state index in [1.807, 2.05) is 12.1 Å². The van der Waals surface area contributed by atoms with Crippen LogP contribution in [0.5, 0.6) is 11.5 Å². The predicted molar refractivity (Wildman–Crippen MR) is 108 cm³/mol. The Morgan fingerprint density at radius 1 is 0.889 bits per heavy atom. The zero-order valence-corrected chi connectivity index (χ0v) is 15.7. The number of fused-ring (bicyclic) bond motifs is 5. The molecule has 4 heteroatoms. The van der Waals surface area contributed by atoms with E-state index in [4.69, 9.17) is 14.5 Å². The van der Waals surface area contributed by atoms with Crippen LogP contribution in [-0.2, 0) is 12.8 Å². The lowest BCUT2D eigenvalue weighted by atomic mass is 9.91. The molecule has 2 aromatic heterocycles. The normalized spacial score (nSPS) is 13.7. The number of imidazole rings is 1. The van der Waals surface area contributed by atoms with Crippen LogP contribution in [0.25, 0.3) is 27.9 Å². The highest BCUT2D eigenvalue weighted by atomic mass is 16.5. The lowest BCUT2D eigenvalue weighted by molar-refractivity contribution is 0.409. The molecule has 4 nitrogen and oxygen atoms in total. The van der Waals surface area contributed by atoms with Crippen molar-refractivity contribution in [2.45, 2.75) is 25.7 Å². The lowest BCUT2D eigenvalue weighted by Crippen LogP contribution is -2.07. The largest absolute Gasteiger partial charge is 0.494 e. The Morgan fingerprint density at radius 2 is 1.63 bits per heavy atom. The first-order chi connectivity index (χ1) is 13.3.